The number of aromatic nitrogens is 1. The predicted octanol–water partition coefficient (Wildman–Crippen LogP) is 3.42. The number of pyridine rings is 1. The average molecular weight is 263 g/mol. The molecule has 2 rings (SSSR count). The third kappa shape index (κ3) is 2.99. The van der Waals surface area contributed by atoms with Crippen molar-refractivity contribution in [1.29, 1.82) is 0 Å². The van der Waals surface area contributed by atoms with Gasteiger partial charge in [0.1, 0.15) is 5.15 Å². The van der Waals surface area contributed by atoms with Crippen molar-refractivity contribution >= 4 is 28.4 Å². The minimum atomic E-state index is -0.0414. The van der Waals surface area contributed by atoms with Crippen molar-refractivity contribution in [3.8, 4) is 0 Å². The summed E-state index contributed by atoms with van der Waals surface area (Å²) in [6.07, 6.45) is 2.07. The molecule has 0 unspecified atom stereocenters. The number of carbonyl (C=O) groups is 1. The van der Waals surface area contributed by atoms with Crippen LogP contribution in [-0.2, 0) is 0 Å². The maximum absolute atomic E-state index is 11.9. The Morgan fingerprint density at radius 2 is 2.17 bits per heavy atom. The molecule has 0 atom stereocenters. The molecule has 0 saturated heterocycles. The van der Waals surface area contributed by atoms with Crippen LogP contribution in [0.4, 0.5) is 0 Å². The van der Waals surface area contributed by atoms with Crippen molar-refractivity contribution in [3.05, 3.63) is 41.0 Å². The third-order valence-corrected chi connectivity index (χ3v) is 2.94. The van der Waals surface area contributed by atoms with Crippen molar-refractivity contribution in [1.82, 2.24) is 10.3 Å². The van der Waals surface area contributed by atoms with Gasteiger partial charge in [-0.2, -0.15) is 0 Å². The molecular formula is C14H15ClN2O. The van der Waals surface area contributed by atoms with Crippen LogP contribution >= 0.6 is 11.6 Å². The third-order valence-electron chi connectivity index (χ3n) is 2.73. The number of amides is 1. The second kappa shape index (κ2) is 5.83. The molecule has 0 spiro atoms. The molecule has 4 heteroatoms. The largest absolute Gasteiger partial charge is 0.352 e. The number of fused-ring (bicyclic) bond motifs is 1. The van der Waals surface area contributed by atoms with Crippen LogP contribution in [0, 0.1) is 0 Å². The van der Waals surface area contributed by atoms with Crippen LogP contribution in [0.5, 0.6) is 0 Å². The molecule has 94 valence electrons. The summed E-state index contributed by atoms with van der Waals surface area (Å²) in [7, 11) is 0. The molecule has 3 nitrogen and oxygen atoms in total. The minimum absolute atomic E-state index is 0.0414. The second-order valence-electron chi connectivity index (χ2n) is 4.15. The first-order chi connectivity index (χ1) is 8.70. The molecule has 1 aromatic heterocycles. The summed E-state index contributed by atoms with van der Waals surface area (Å²) in [5, 5.41) is 4.27. The first kappa shape index (κ1) is 12.8. The van der Waals surface area contributed by atoms with Gasteiger partial charge < -0.3 is 5.32 Å². The van der Waals surface area contributed by atoms with E-state index in [9.17, 15) is 4.79 Å². The molecule has 0 bridgehead atoms. The van der Waals surface area contributed by atoms with Crippen LogP contribution in [0.15, 0.2) is 30.3 Å². The van der Waals surface area contributed by atoms with E-state index in [4.69, 9.17) is 11.6 Å². The smallest absolute Gasteiger partial charge is 0.251 e. The number of benzene rings is 1. The average Bonchev–Trinajstić information content (AvgIpc) is 2.38. The van der Waals surface area contributed by atoms with Crippen molar-refractivity contribution in [3.63, 3.8) is 0 Å². The van der Waals surface area contributed by atoms with Crippen LogP contribution in [0.2, 0.25) is 5.15 Å². The Morgan fingerprint density at radius 3 is 2.94 bits per heavy atom. The van der Waals surface area contributed by atoms with E-state index in [0.29, 0.717) is 17.3 Å². The zero-order chi connectivity index (χ0) is 13.0. The normalized spacial score (nSPS) is 10.6. The van der Waals surface area contributed by atoms with Crippen LogP contribution in [-0.4, -0.2) is 17.4 Å². The number of nitrogens with zero attached hydrogens (tertiary/aromatic N) is 1. The Balaban J connectivity index is 2.19. The number of halogens is 1. The van der Waals surface area contributed by atoms with Gasteiger partial charge in [0.2, 0.25) is 0 Å². The molecule has 0 aliphatic carbocycles. The van der Waals surface area contributed by atoms with E-state index >= 15 is 0 Å². The summed E-state index contributed by atoms with van der Waals surface area (Å²) in [4.78, 5) is 16.1. The highest BCUT2D eigenvalue weighted by molar-refractivity contribution is 6.29. The van der Waals surface area contributed by atoms with E-state index in [2.05, 4.69) is 17.2 Å². The molecule has 0 radical (unpaired) electrons. The van der Waals surface area contributed by atoms with Gasteiger partial charge in [0.05, 0.1) is 5.52 Å². The lowest BCUT2D eigenvalue weighted by atomic mass is 10.1. The van der Waals surface area contributed by atoms with Gasteiger partial charge in [0, 0.05) is 17.5 Å². The van der Waals surface area contributed by atoms with Gasteiger partial charge in [-0.25, -0.2) is 4.98 Å². The molecule has 2 aromatic rings. The van der Waals surface area contributed by atoms with Crippen molar-refractivity contribution < 1.29 is 4.79 Å². The molecule has 0 aliphatic heterocycles. The lowest BCUT2D eigenvalue weighted by molar-refractivity contribution is 0.0953. The molecule has 1 N–H and O–H groups in total. The van der Waals surface area contributed by atoms with Crippen LogP contribution < -0.4 is 5.32 Å². The SMILES string of the molecule is CCCCNC(=O)c1ccc2nc(Cl)ccc2c1. The maximum Gasteiger partial charge on any atom is 0.251 e. The van der Waals surface area contributed by atoms with E-state index in [1.807, 2.05) is 18.2 Å². The van der Waals surface area contributed by atoms with E-state index in [0.717, 1.165) is 23.7 Å². The van der Waals surface area contributed by atoms with E-state index in [-0.39, 0.29) is 5.91 Å². The molecule has 18 heavy (non-hydrogen) atoms. The second-order valence-corrected chi connectivity index (χ2v) is 4.54. The fourth-order valence-corrected chi connectivity index (χ4v) is 1.88. The highest BCUT2D eigenvalue weighted by Crippen LogP contribution is 2.17. The molecule has 0 aliphatic rings. The van der Waals surface area contributed by atoms with Crippen molar-refractivity contribution in [2.45, 2.75) is 19.8 Å². The number of unbranched alkanes of at least 4 members (excludes halogenated alkanes) is 1. The zero-order valence-electron chi connectivity index (χ0n) is 10.2. The standard InChI is InChI=1S/C14H15ClN2O/c1-2-3-8-16-14(18)11-4-6-12-10(9-11)5-7-13(15)17-12/h4-7,9H,2-3,8H2,1H3,(H,16,18). The van der Waals surface area contributed by atoms with E-state index in [1.54, 1.807) is 12.1 Å². The van der Waals surface area contributed by atoms with Crippen molar-refractivity contribution in [2.24, 2.45) is 0 Å². The fourth-order valence-electron chi connectivity index (χ4n) is 1.72. The number of hydrogen-bond acceptors (Lipinski definition) is 2. The van der Waals surface area contributed by atoms with Crippen LogP contribution in [0.25, 0.3) is 10.9 Å². The van der Waals surface area contributed by atoms with Crippen LogP contribution in [0.3, 0.4) is 0 Å². The molecule has 1 aromatic carbocycles. The Bertz CT molecular complexity index is 569. The summed E-state index contributed by atoms with van der Waals surface area (Å²) < 4.78 is 0. The molecule has 1 amide bonds. The van der Waals surface area contributed by atoms with Gasteiger partial charge >= 0.3 is 0 Å². The molecule has 0 saturated carbocycles. The van der Waals surface area contributed by atoms with E-state index < -0.39 is 0 Å². The highest BCUT2D eigenvalue weighted by atomic mass is 35.5. The predicted molar refractivity (Wildman–Crippen MR) is 74.0 cm³/mol. The van der Waals surface area contributed by atoms with Gasteiger partial charge in [-0.3, -0.25) is 4.79 Å². The Hall–Kier alpha value is -1.61. The summed E-state index contributed by atoms with van der Waals surface area (Å²) in [6.45, 7) is 2.81. The molecular weight excluding hydrogens is 248 g/mol. The Kier molecular flexibility index (Phi) is 4.15. The first-order valence-electron chi connectivity index (χ1n) is 6.05. The summed E-state index contributed by atoms with van der Waals surface area (Å²) >= 11 is 5.82. The monoisotopic (exact) mass is 262 g/mol. The van der Waals surface area contributed by atoms with Gasteiger partial charge in [0.15, 0.2) is 0 Å². The van der Waals surface area contributed by atoms with Gasteiger partial charge in [-0.05, 0) is 36.8 Å². The minimum Gasteiger partial charge on any atom is -0.352 e. The number of rotatable bonds is 4. The lowest BCUT2D eigenvalue weighted by Gasteiger charge is -2.05. The van der Waals surface area contributed by atoms with E-state index in [1.165, 1.54) is 0 Å². The fraction of sp³-hybridized carbons (Fsp3) is 0.286. The summed E-state index contributed by atoms with van der Waals surface area (Å²) in [5.41, 5.74) is 1.45. The Morgan fingerprint density at radius 1 is 1.33 bits per heavy atom. The number of hydrogen-bond donors (Lipinski definition) is 1. The zero-order valence-corrected chi connectivity index (χ0v) is 11.0. The Labute approximate surface area is 111 Å². The number of carbonyl (C=O) groups excluding carboxylic acids is 1. The van der Waals surface area contributed by atoms with Crippen LogP contribution in [0.1, 0.15) is 30.1 Å². The topological polar surface area (TPSA) is 42.0 Å². The molecule has 1 heterocycles. The quantitative estimate of drug-likeness (QED) is 0.678. The highest BCUT2D eigenvalue weighted by Gasteiger charge is 2.06. The lowest BCUT2D eigenvalue weighted by Crippen LogP contribution is -2.24. The van der Waals surface area contributed by atoms with Gasteiger partial charge in [-0.15, -0.1) is 0 Å². The summed E-state index contributed by atoms with van der Waals surface area (Å²) in [6, 6.07) is 9.01. The van der Waals surface area contributed by atoms with Crippen molar-refractivity contribution in [2.75, 3.05) is 6.54 Å². The van der Waals surface area contributed by atoms with Gasteiger partial charge in [0.25, 0.3) is 5.91 Å². The number of nitrogens with one attached hydrogen (secondary N) is 1. The first-order valence-corrected chi connectivity index (χ1v) is 6.43. The molecule has 0 fully saturated rings. The summed E-state index contributed by atoms with van der Waals surface area (Å²) in [5.74, 6) is -0.0414. The van der Waals surface area contributed by atoms with Gasteiger partial charge in [-0.1, -0.05) is 24.9 Å². The maximum atomic E-state index is 11.9.